The summed E-state index contributed by atoms with van der Waals surface area (Å²) in [5.41, 5.74) is 0. The lowest BCUT2D eigenvalue weighted by Gasteiger charge is -2.27. The Morgan fingerprint density at radius 1 is 1.44 bits per heavy atom. The average Bonchev–Trinajstić information content (AvgIpc) is 2.41. The van der Waals surface area contributed by atoms with Crippen LogP contribution in [0.4, 0.5) is 0 Å². The van der Waals surface area contributed by atoms with Gasteiger partial charge in [-0.25, -0.2) is 12.7 Å². The van der Waals surface area contributed by atoms with Crippen molar-refractivity contribution in [2.75, 3.05) is 26.7 Å². The molecule has 5 nitrogen and oxygen atoms in total. The van der Waals surface area contributed by atoms with E-state index in [-0.39, 0.29) is 4.90 Å². The SMILES string of the molecule is CN(CC1CCNCC1)S(=O)(=O)c1cccnc1. The Bertz CT molecular complexity index is 469. The molecule has 1 aliphatic heterocycles. The molecular formula is C12H19N3O2S. The number of rotatable bonds is 4. The van der Waals surface area contributed by atoms with E-state index in [0.29, 0.717) is 12.5 Å². The molecule has 100 valence electrons. The number of nitrogens with zero attached hydrogens (tertiary/aromatic N) is 2. The first kappa shape index (κ1) is 13.5. The zero-order chi connectivity index (χ0) is 13.0. The van der Waals surface area contributed by atoms with Crippen LogP contribution in [0.2, 0.25) is 0 Å². The fourth-order valence-corrected chi connectivity index (χ4v) is 3.42. The van der Waals surface area contributed by atoms with E-state index in [0.717, 1.165) is 25.9 Å². The maximum Gasteiger partial charge on any atom is 0.244 e. The Balaban J connectivity index is 2.05. The van der Waals surface area contributed by atoms with E-state index in [1.54, 1.807) is 25.4 Å². The number of sulfonamides is 1. The second kappa shape index (κ2) is 5.77. The molecule has 1 N–H and O–H groups in total. The van der Waals surface area contributed by atoms with Crippen LogP contribution in [-0.4, -0.2) is 44.4 Å². The lowest BCUT2D eigenvalue weighted by Crippen LogP contribution is -2.37. The summed E-state index contributed by atoms with van der Waals surface area (Å²) < 4.78 is 26.0. The molecule has 0 aliphatic carbocycles. The Kier molecular flexibility index (Phi) is 4.31. The van der Waals surface area contributed by atoms with E-state index < -0.39 is 10.0 Å². The van der Waals surface area contributed by atoms with Gasteiger partial charge in [-0.05, 0) is 44.0 Å². The molecule has 0 atom stereocenters. The Hall–Kier alpha value is -0.980. The van der Waals surface area contributed by atoms with Crippen molar-refractivity contribution in [1.82, 2.24) is 14.6 Å². The molecule has 2 heterocycles. The topological polar surface area (TPSA) is 62.3 Å². The van der Waals surface area contributed by atoms with E-state index >= 15 is 0 Å². The summed E-state index contributed by atoms with van der Waals surface area (Å²) in [6.45, 7) is 2.54. The molecule has 18 heavy (non-hydrogen) atoms. The van der Waals surface area contributed by atoms with Crippen LogP contribution in [0.5, 0.6) is 0 Å². The fourth-order valence-electron chi connectivity index (χ4n) is 2.21. The lowest BCUT2D eigenvalue weighted by molar-refractivity contribution is 0.311. The van der Waals surface area contributed by atoms with Gasteiger partial charge in [0.2, 0.25) is 10.0 Å². The van der Waals surface area contributed by atoms with Crippen LogP contribution in [0, 0.1) is 5.92 Å². The smallest absolute Gasteiger partial charge is 0.244 e. The van der Waals surface area contributed by atoms with Crippen LogP contribution in [0.15, 0.2) is 29.4 Å². The summed E-state index contributed by atoms with van der Waals surface area (Å²) in [5.74, 6) is 0.447. The molecule has 1 aliphatic rings. The highest BCUT2D eigenvalue weighted by Crippen LogP contribution is 2.18. The first-order chi connectivity index (χ1) is 8.60. The number of hydrogen-bond acceptors (Lipinski definition) is 4. The third-order valence-corrected chi connectivity index (χ3v) is 5.12. The van der Waals surface area contributed by atoms with Gasteiger partial charge in [-0.2, -0.15) is 0 Å². The zero-order valence-electron chi connectivity index (χ0n) is 10.5. The van der Waals surface area contributed by atoms with Crippen molar-refractivity contribution in [3.05, 3.63) is 24.5 Å². The maximum atomic E-state index is 12.3. The third-order valence-electron chi connectivity index (χ3n) is 3.32. The van der Waals surface area contributed by atoms with Crippen LogP contribution < -0.4 is 5.32 Å². The van der Waals surface area contributed by atoms with Gasteiger partial charge in [-0.1, -0.05) is 0 Å². The van der Waals surface area contributed by atoms with Crippen molar-refractivity contribution in [3.8, 4) is 0 Å². The van der Waals surface area contributed by atoms with Crippen LogP contribution in [0.3, 0.4) is 0 Å². The van der Waals surface area contributed by atoms with Gasteiger partial charge in [0, 0.05) is 26.0 Å². The van der Waals surface area contributed by atoms with E-state index in [9.17, 15) is 8.42 Å². The maximum absolute atomic E-state index is 12.3. The molecule has 0 amide bonds. The summed E-state index contributed by atoms with van der Waals surface area (Å²) >= 11 is 0. The molecule has 0 aromatic carbocycles. The summed E-state index contributed by atoms with van der Waals surface area (Å²) in [6.07, 6.45) is 5.04. The highest BCUT2D eigenvalue weighted by atomic mass is 32.2. The molecule has 0 saturated carbocycles. The Morgan fingerprint density at radius 2 is 2.17 bits per heavy atom. The number of piperidine rings is 1. The quantitative estimate of drug-likeness (QED) is 0.874. The molecule has 2 rings (SSSR count). The number of aromatic nitrogens is 1. The zero-order valence-corrected chi connectivity index (χ0v) is 11.4. The van der Waals surface area contributed by atoms with E-state index in [1.165, 1.54) is 10.5 Å². The second-order valence-corrected chi connectivity index (χ2v) is 6.71. The third kappa shape index (κ3) is 3.07. The summed E-state index contributed by atoms with van der Waals surface area (Å²) in [5, 5.41) is 3.28. The molecule has 1 aromatic rings. The van der Waals surface area contributed by atoms with Gasteiger partial charge < -0.3 is 5.32 Å². The van der Waals surface area contributed by atoms with E-state index in [4.69, 9.17) is 0 Å². The van der Waals surface area contributed by atoms with Gasteiger partial charge in [0.1, 0.15) is 4.90 Å². The van der Waals surface area contributed by atoms with Gasteiger partial charge >= 0.3 is 0 Å². The van der Waals surface area contributed by atoms with Gasteiger partial charge in [0.15, 0.2) is 0 Å². The molecular weight excluding hydrogens is 250 g/mol. The van der Waals surface area contributed by atoms with Crippen molar-refractivity contribution in [1.29, 1.82) is 0 Å². The van der Waals surface area contributed by atoms with Gasteiger partial charge in [0.25, 0.3) is 0 Å². The van der Waals surface area contributed by atoms with Gasteiger partial charge in [-0.3, -0.25) is 4.98 Å². The Labute approximate surface area is 108 Å². The minimum Gasteiger partial charge on any atom is -0.317 e. The predicted molar refractivity (Wildman–Crippen MR) is 69.6 cm³/mol. The molecule has 1 aromatic heterocycles. The normalized spacial score (nSPS) is 18.1. The molecule has 1 fully saturated rings. The lowest BCUT2D eigenvalue weighted by atomic mass is 9.98. The first-order valence-electron chi connectivity index (χ1n) is 6.18. The monoisotopic (exact) mass is 269 g/mol. The van der Waals surface area contributed by atoms with Crippen molar-refractivity contribution < 1.29 is 8.42 Å². The van der Waals surface area contributed by atoms with Crippen molar-refractivity contribution >= 4 is 10.0 Å². The Morgan fingerprint density at radius 3 is 2.78 bits per heavy atom. The largest absolute Gasteiger partial charge is 0.317 e. The van der Waals surface area contributed by atoms with Crippen molar-refractivity contribution in [3.63, 3.8) is 0 Å². The highest BCUT2D eigenvalue weighted by molar-refractivity contribution is 7.89. The van der Waals surface area contributed by atoms with Crippen LogP contribution in [-0.2, 0) is 10.0 Å². The van der Waals surface area contributed by atoms with Crippen LogP contribution >= 0.6 is 0 Å². The van der Waals surface area contributed by atoms with E-state index in [2.05, 4.69) is 10.3 Å². The van der Waals surface area contributed by atoms with Gasteiger partial charge in [0.05, 0.1) is 0 Å². The molecule has 1 saturated heterocycles. The minimum absolute atomic E-state index is 0.265. The van der Waals surface area contributed by atoms with Gasteiger partial charge in [-0.15, -0.1) is 0 Å². The highest BCUT2D eigenvalue weighted by Gasteiger charge is 2.24. The number of pyridine rings is 1. The predicted octanol–water partition coefficient (Wildman–Crippen LogP) is 0.702. The molecule has 0 radical (unpaired) electrons. The second-order valence-electron chi connectivity index (χ2n) is 4.67. The average molecular weight is 269 g/mol. The fraction of sp³-hybridized carbons (Fsp3) is 0.583. The molecule has 0 bridgehead atoms. The summed E-state index contributed by atoms with van der Waals surface area (Å²) in [4.78, 5) is 4.13. The number of hydrogen-bond donors (Lipinski definition) is 1. The molecule has 6 heteroatoms. The van der Waals surface area contributed by atoms with Crippen LogP contribution in [0.1, 0.15) is 12.8 Å². The van der Waals surface area contributed by atoms with E-state index in [1.807, 2.05) is 0 Å². The van der Waals surface area contributed by atoms with Crippen molar-refractivity contribution in [2.24, 2.45) is 5.92 Å². The molecule has 0 spiro atoms. The summed E-state index contributed by atoms with van der Waals surface area (Å²) in [6, 6.07) is 3.23. The molecule has 0 unspecified atom stereocenters. The number of nitrogens with one attached hydrogen (secondary N) is 1. The standard InChI is InChI=1S/C12H19N3O2S/c1-15(10-11-4-7-13-8-5-11)18(16,17)12-3-2-6-14-9-12/h2-3,6,9,11,13H,4-5,7-8,10H2,1H3. The summed E-state index contributed by atoms with van der Waals surface area (Å²) in [7, 11) is -1.74. The van der Waals surface area contributed by atoms with Crippen molar-refractivity contribution in [2.45, 2.75) is 17.7 Å². The van der Waals surface area contributed by atoms with Crippen LogP contribution in [0.25, 0.3) is 0 Å². The first-order valence-corrected chi connectivity index (χ1v) is 7.62. The minimum atomic E-state index is -3.39.